The van der Waals surface area contributed by atoms with Crippen molar-refractivity contribution in [3.8, 4) is 0 Å². The minimum absolute atomic E-state index is 1.13. The molecule has 0 heterocycles. The average molecular weight is 246 g/mol. The third kappa shape index (κ3) is 5.10. The Balaban J connectivity index is 2.52. The standard InChI is InChI=1S/C14H14S2/c1-3-5-7-10-13(4-2)15-16-14-11-8-6-9-12-14/h3-12H,1-2H2/b7-5-,13-10+. The van der Waals surface area contributed by atoms with E-state index in [1.807, 2.05) is 42.5 Å². The number of rotatable bonds is 6. The van der Waals surface area contributed by atoms with Crippen LogP contribution in [0.5, 0.6) is 0 Å². The van der Waals surface area contributed by atoms with E-state index in [2.05, 4.69) is 25.3 Å². The molecular formula is C14H14S2. The van der Waals surface area contributed by atoms with Crippen LogP contribution in [-0.4, -0.2) is 0 Å². The Labute approximate surface area is 105 Å². The summed E-state index contributed by atoms with van der Waals surface area (Å²) < 4.78 is 0. The highest BCUT2D eigenvalue weighted by molar-refractivity contribution is 8.78. The molecule has 0 saturated carbocycles. The molecule has 2 heteroatoms. The SMILES string of the molecule is C=C/C=C\C=C(/C=C)SSc1ccccc1. The Hall–Kier alpha value is -1.12. The first kappa shape index (κ1) is 12.9. The maximum atomic E-state index is 3.79. The Kier molecular flexibility index (Phi) is 6.54. The maximum absolute atomic E-state index is 3.79. The zero-order valence-corrected chi connectivity index (χ0v) is 10.6. The summed E-state index contributed by atoms with van der Waals surface area (Å²) in [6, 6.07) is 10.3. The van der Waals surface area contributed by atoms with Crippen molar-refractivity contribution < 1.29 is 0 Å². The van der Waals surface area contributed by atoms with Gasteiger partial charge in [-0.15, -0.1) is 0 Å². The molecule has 0 aliphatic heterocycles. The van der Waals surface area contributed by atoms with Gasteiger partial charge in [0, 0.05) is 9.80 Å². The van der Waals surface area contributed by atoms with Gasteiger partial charge in [-0.25, -0.2) is 0 Å². The fourth-order valence-electron chi connectivity index (χ4n) is 0.931. The first-order valence-electron chi connectivity index (χ1n) is 4.88. The van der Waals surface area contributed by atoms with E-state index in [0.717, 1.165) is 4.91 Å². The van der Waals surface area contributed by atoms with Crippen LogP contribution >= 0.6 is 21.6 Å². The largest absolute Gasteiger partial charge is 0.0991 e. The van der Waals surface area contributed by atoms with Crippen molar-refractivity contribution in [1.82, 2.24) is 0 Å². The van der Waals surface area contributed by atoms with Crippen molar-refractivity contribution in [2.75, 3.05) is 0 Å². The molecule has 16 heavy (non-hydrogen) atoms. The molecule has 0 N–H and O–H groups in total. The van der Waals surface area contributed by atoms with E-state index in [4.69, 9.17) is 0 Å². The van der Waals surface area contributed by atoms with Gasteiger partial charge in [-0.2, -0.15) is 0 Å². The highest BCUT2D eigenvalue weighted by Crippen LogP contribution is 2.36. The zero-order chi connectivity index (χ0) is 11.6. The molecule has 1 aromatic carbocycles. The quantitative estimate of drug-likeness (QED) is 0.497. The molecule has 0 saturated heterocycles. The predicted octanol–water partition coefficient (Wildman–Crippen LogP) is 5.24. The van der Waals surface area contributed by atoms with Crippen LogP contribution < -0.4 is 0 Å². The van der Waals surface area contributed by atoms with E-state index in [0.29, 0.717) is 0 Å². The molecule has 0 amide bonds. The highest BCUT2D eigenvalue weighted by Gasteiger charge is 1.95. The van der Waals surface area contributed by atoms with Crippen LogP contribution in [-0.2, 0) is 0 Å². The van der Waals surface area contributed by atoms with Crippen molar-refractivity contribution in [2.24, 2.45) is 0 Å². The molecule has 0 unspecified atom stereocenters. The first-order chi connectivity index (χ1) is 7.86. The van der Waals surface area contributed by atoms with E-state index in [1.165, 1.54) is 4.90 Å². The van der Waals surface area contributed by atoms with E-state index in [9.17, 15) is 0 Å². The summed E-state index contributed by atoms with van der Waals surface area (Å²) in [6.07, 6.45) is 9.50. The summed E-state index contributed by atoms with van der Waals surface area (Å²) in [5, 5.41) is 0. The van der Waals surface area contributed by atoms with Gasteiger partial charge in [0.25, 0.3) is 0 Å². The molecule has 82 valence electrons. The second-order valence-corrected chi connectivity index (χ2v) is 5.15. The minimum Gasteiger partial charge on any atom is -0.0991 e. The molecule has 0 aromatic heterocycles. The van der Waals surface area contributed by atoms with Crippen molar-refractivity contribution in [2.45, 2.75) is 4.90 Å². The van der Waals surface area contributed by atoms with Gasteiger partial charge in [-0.05, 0) is 18.2 Å². The lowest BCUT2D eigenvalue weighted by atomic mass is 10.4. The van der Waals surface area contributed by atoms with Crippen LogP contribution in [0.1, 0.15) is 0 Å². The van der Waals surface area contributed by atoms with Crippen molar-refractivity contribution in [1.29, 1.82) is 0 Å². The van der Waals surface area contributed by atoms with Crippen molar-refractivity contribution >= 4 is 21.6 Å². The van der Waals surface area contributed by atoms with Gasteiger partial charge in [0.15, 0.2) is 0 Å². The summed E-state index contributed by atoms with van der Waals surface area (Å²) in [4.78, 5) is 2.37. The second kappa shape index (κ2) is 8.08. The Morgan fingerprint density at radius 1 is 1.06 bits per heavy atom. The van der Waals surface area contributed by atoms with E-state index >= 15 is 0 Å². The average Bonchev–Trinajstić information content (AvgIpc) is 2.35. The molecule has 0 atom stereocenters. The summed E-state index contributed by atoms with van der Waals surface area (Å²) in [6.45, 7) is 7.41. The van der Waals surface area contributed by atoms with Gasteiger partial charge in [-0.1, -0.05) is 77.2 Å². The van der Waals surface area contributed by atoms with E-state index in [1.54, 1.807) is 27.7 Å². The number of allylic oxidation sites excluding steroid dienone is 5. The summed E-state index contributed by atoms with van der Waals surface area (Å²) in [5.41, 5.74) is 0. The summed E-state index contributed by atoms with van der Waals surface area (Å²) in [7, 11) is 3.43. The van der Waals surface area contributed by atoms with Gasteiger partial charge < -0.3 is 0 Å². The van der Waals surface area contributed by atoms with E-state index < -0.39 is 0 Å². The molecule has 0 spiro atoms. The van der Waals surface area contributed by atoms with Crippen molar-refractivity contribution in [3.63, 3.8) is 0 Å². The molecule has 1 aromatic rings. The number of benzene rings is 1. The predicted molar refractivity (Wildman–Crippen MR) is 77.5 cm³/mol. The zero-order valence-electron chi connectivity index (χ0n) is 9.00. The molecule has 0 fully saturated rings. The van der Waals surface area contributed by atoms with Crippen LogP contribution in [0.25, 0.3) is 0 Å². The first-order valence-corrected chi connectivity index (χ1v) is 7.03. The minimum atomic E-state index is 1.13. The van der Waals surface area contributed by atoms with Gasteiger partial charge in [0.1, 0.15) is 0 Å². The van der Waals surface area contributed by atoms with Gasteiger partial charge >= 0.3 is 0 Å². The molecule has 1 rings (SSSR count). The van der Waals surface area contributed by atoms with Crippen LogP contribution in [0.2, 0.25) is 0 Å². The fourth-order valence-corrected chi connectivity index (χ4v) is 2.88. The summed E-state index contributed by atoms with van der Waals surface area (Å²) >= 11 is 0. The Bertz CT molecular complexity index is 388. The smallest absolute Gasteiger partial charge is 0.0186 e. The van der Waals surface area contributed by atoms with Crippen LogP contribution in [0.4, 0.5) is 0 Å². The Morgan fingerprint density at radius 3 is 2.44 bits per heavy atom. The Morgan fingerprint density at radius 2 is 1.81 bits per heavy atom. The highest BCUT2D eigenvalue weighted by atomic mass is 33.1. The van der Waals surface area contributed by atoms with E-state index in [-0.39, 0.29) is 0 Å². The lowest BCUT2D eigenvalue weighted by molar-refractivity contribution is 1.48. The third-order valence-corrected chi connectivity index (χ3v) is 4.13. The topological polar surface area (TPSA) is 0 Å². The maximum Gasteiger partial charge on any atom is 0.0186 e. The van der Waals surface area contributed by atoms with Crippen molar-refractivity contribution in [3.05, 3.63) is 78.8 Å². The molecule has 0 aliphatic carbocycles. The molecule has 0 aliphatic rings. The molecule has 0 bridgehead atoms. The third-order valence-electron chi connectivity index (χ3n) is 1.69. The van der Waals surface area contributed by atoms with Gasteiger partial charge in [-0.3, -0.25) is 0 Å². The number of hydrogen-bond donors (Lipinski definition) is 0. The van der Waals surface area contributed by atoms with Crippen LogP contribution in [0, 0.1) is 0 Å². The van der Waals surface area contributed by atoms with Crippen LogP contribution in [0.3, 0.4) is 0 Å². The molecule has 0 nitrogen and oxygen atoms in total. The normalized spacial score (nSPS) is 11.6. The number of hydrogen-bond acceptors (Lipinski definition) is 2. The molecular weight excluding hydrogens is 232 g/mol. The fraction of sp³-hybridized carbons (Fsp3) is 0. The lowest BCUT2D eigenvalue weighted by Gasteiger charge is -2.00. The monoisotopic (exact) mass is 246 g/mol. The van der Waals surface area contributed by atoms with Crippen LogP contribution in [0.15, 0.2) is 83.7 Å². The van der Waals surface area contributed by atoms with Gasteiger partial charge in [0.05, 0.1) is 0 Å². The lowest BCUT2D eigenvalue weighted by Crippen LogP contribution is -1.67. The van der Waals surface area contributed by atoms with Gasteiger partial charge in [0.2, 0.25) is 0 Å². The summed E-state index contributed by atoms with van der Waals surface area (Å²) in [5.74, 6) is 0. The molecule has 0 radical (unpaired) electrons. The second-order valence-electron chi connectivity index (χ2n) is 2.87.